The smallest absolute Gasteiger partial charge is 0.124 e. The number of rotatable bonds is 4. The van der Waals surface area contributed by atoms with E-state index in [1.54, 1.807) is 6.07 Å². The van der Waals surface area contributed by atoms with Crippen molar-refractivity contribution < 1.29 is 4.39 Å². The van der Waals surface area contributed by atoms with Gasteiger partial charge in [-0.25, -0.2) is 4.39 Å². The second-order valence-corrected chi connectivity index (χ2v) is 6.40. The lowest BCUT2D eigenvalue weighted by atomic mass is 10.1. The summed E-state index contributed by atoms with van der Waals surface area (Å²) in [4.78, 5) is 2.55. The molecule has 0 bridgehead atoms. The summed E-state index contributed by atoms with van der Waals surface area (Å²) in [6, 6.07) is 5.49. The molecule has 1 saturated heterocycles. The van der Waals surface area contributed by atoms with E-state index in [0.717, 1.165) is 9.26 Å². The summed E-state index contributed by atoms with van der Waals surface area (Å²) in [6.45, 7) is 5.83. The van der Waals surface area contributed by atoms with Crippen LogP contribution in [-0.4, -0.2) is 30.6 Å². The SMILES string of the molecule is CCCN1CCCC(Nc2ccc(F)cc2I)CC1. The predicted octanol–water partition coefficient (Wildman–Crippen LogP) is 4.11. The van der Waals surface area contributed by atoms with Gasteiger partial charge in [-0.1, -0.05) is 6.92 Å². The van der Waals surface area contributed by atoms with Gasteiger partial charge in [0.15, 0.2) is 0 Å². The molecule has 0 saturated carbocycles. The zero-order chi connectivity index (χ0) is 13.7. The van der Waals surface area contributed by atoms with Crippen molar-refractivity contribution in [2.75, 3.05) is 25.0 Å². The number of hydrogen-bond acceptors (Lipinski definition) is 2. The molecule has 1 atom stereocenters. The van der Waals surface area contributed by atoms with Gasteiger partial charge in [0.2, 0.25) is 0 Å². The van der Waals surface area contributed by atoms with Gasteiger partial charge in [-0.15, -0.1) is 0 Å². The molecule has 2 rings (SSSR count). The Morgan fingerprint density at radius 1 is 1.37 bits per heavy atom. The molecule has 0 radical (unpaired) electrons. The molecule has 1 heterocycles. The second-order valence-electron chi connectivity index (χ2n) is 5.24. The molecule has 1 aromatic rings. The van der Waals surface area contributed by atoms with Gasteiger partial charge in [-0.3, -0.25) is 0 Å². The van der Waals surface area contributed by atoms with E-state index >= 15 is 0 Å². The van der Waals surface area contributed by atoms with Crippen LogP contribution in [0.2, 0.25) is 0 Å². The highest BCUT2D eigenvalue weighted by atomic mass is 127. The average molecular weight is 376 g/mol. The van der Waals surface area contributed by atoms with E-state index in [-0.39, 0.29) is 5.82 Å². The first-order valence-electron chi connectivity index (χ1n) is 7.13. The van der Waals surface area contributed by atoms with Crippen LogP contribution in [0.15, 0.2) is 18.2 Å². The third-order valence-corrected chi connectivity index (χ3v) is 4.54. The lowest BCUT2D eigenvalue weighted by molar-refractivity contribution is 0.285. The van der Waals surface area contributed by atoms with Crippen molar-refractivity contribution in [3.8, 4) is 0 Å². The van der Waals surface area contributed by atoms with Crippen molar-refractivity contribution in [2.24, 2.45) is 0 Å². The summed E-state index contributed by atoms with van der Waals surface area (Å²) in [5, 5.41) is 3.58. The molecule has 2 nitrogen and oxygen atoms in total. The Bertz CT molecular complexity index is 411. The summed E-state index contributed by atoms with van der Waals surface area (Å²) in [5.74, 6) is -0.162. The summed E-state index contributed by atoms with van der Waals surface area (Å²) in [6.07, 6.45) is 4.85. The number of benzene rings is 1. The fraction of sp³-hybridized carbons (Fsp3) is 0.600. The Balaban J connectivity index is 1.92. The van der Waals surface area contributed by atoms with Crippen molar-refractivity contribution in [1.82, 2.24) is 4.90 Å². The molecular formula is C15H22FIN2. The van der Waals surface area contributed by atoms with Crippen LogP contribution in [-0.2, 0) is 0 Å². The molecule has 4 heteroatoms. The van der Waals surface area contributed by atoms with Crippen LogP contribution in [0.5, 0.6) is 0 Å². The number of nitrogens with zero attached hydrogens (tertiary/aromatic N) is 1. The van der Waals surface area contributed by atoms with Gasteiger partial charge in [0.25, 0.3) is 0 Å². The van der Waals surface area contributed by atoms with Crippen LogP contribution in [0.25, 0.3) is 0 Å². The molecular weight excluding hydrogens is 354 g/mol. The summed E-state index contributed by atoms with van der Waals surface area (Å²) < 4.78 is 14.1. The molecule has 19 heavy (non-hydrogen) atoms. The molecule has 1 fully saturated rings. The zero-order valence-corrected chi connectivity index (χ0v) is 13.6. The van der Waals surface area contributed by atoms with Gasteiger partial charge in [-0.05, 0) is 79.6 Å². The first kappa shape index (κ1) is 15.0. The van der Waals surface area contributed by atoms with Gasteiger partial charge < -0.3 is 10.2 Å². The van der Waals surface area contributed by atoms with Crippen LogP contribution < -0.4 is 5.32 Å². The van der Waals surface area contributed by atoms with E-state index < -0.39 is 0 Å². The monoisotopic (exact) mass is 376 g/mol. The van der Waals surface area contributed by atoms with E-state index in [1.165, 1.54) is 51.4 Å². The number of nitrogens with one attached hydrogen (secondary N) is 1. The van der Waals surface area contributed by atoms with Crippen molar-refractivity contribution >= 4 is 28.3 Å². The normalized spacial score (nSPS) is 21.1. The van der Waals surface area contributed by atoms with Crippen LogP contribution in [0.4, 0.5) is 10.1 Å². The molecule has 1 N–H and O–H groups in total. The van der Waals surface area contributed by atoms with Gasteiger partial charge in [0, 0.05) is 21.8 Å². The minimum Gasteiger partial charge on any atom is -0.381 e. The molecule has 0 spiro atoms. The second kappa shape index (κ2) is 7.43. The van der Waals surface area contributed by atoms with Crippen LogP contribution in [0.3, 0.4) is 0 Å². The first-order valence-corrected chi connectivity index (χ1v) is 8.21. The van der Waals surface area contributed by atoms with E-state index in [1.807, 2.05) is 6.07 Å². The topological polar surface area (TPSA) is 15.3 Å². The lowest BCUT2D eigenvalue weighted by Gasteiger charge is -2.20. The van der Waals surface area contributed by atoms with E-state index in [9.17, 15) is 4.39 Å². The standard InChI is InChI=1S/C15H22FIN2/c1-2-8-19-9-3-4-13(7-10-19)18-15-6-5-12(16)11-14(15)17/h5-6,11,13,18H,2-4,7-10H2,1H3. The quantitative estimate of drug-likeness (QED) is 0.796. The minimum absolute atomic E-state index is 0.162. The molecule has 0 amide bonds. The fourth-order valence-electron chi connectivity index (χ4n) is 2.67. The Hall–Kier alpha value is -0.360. The van der Waals surface area contributed by atoms with Crippen LogP contribution in [0.1, 0.15) is 32.6 Å². The third-order valence-electron chi connectivity index (χ3n) is 3.65. The van der Waals surface area contributed by atoms with Gasteiger partial charge >= 0.3 is 0 Å². The molecule has 1 aromatic carbocycles. The number of likely N-dealkylation sites (tertiary alicyclic amines) is 1. The van der Waals surface area contributed by atoms with E-state index in [4.69, 9.17) is 0 Å². The Labute approximate surface area is 128 Å². The summed E-state index contributed by atoms with van der Waals surface area (Å²) in [7, 11) is 0. The highest BCUT2D eigenvalue weighted by Crippen LogP contribution is 2.22. The van der Waals surface area contributed by atoms with Gasteiger partial charge in [-0.2, -0.15) is 0 Å². The number of halogens is 2. The molecule has 106 valence electrons. The molecule has 1 unspecified atom stereocenters. The predicted molar refractivity (Wildman–Crippen MR) is 87.1 cm³/mol. The van der Waals surface area contributed by atoms with Gasteiger partial charge in [0.05, 0.1) is 0 Å². The summed E-state index contributed by atoms with van der Waals surface area (Å²) >= 11 is 2.20. The van der Waals surface area contributed by atoms with Crippen molar-refractivity contribution in [1.29, 1.82) is 0 Å². The molecule has 0 aromatic heterocycles. The average Bonchev–Trinajstić information content (AvgIpc) is 2.59. The fourth-order valence-corrected chi connectivity index (χ4v) is 3.30. The first-order chi connectivity index (χ1) is 9.19. The van der Waals surface area contributed by atoms with Crippen LogP contribution >= 0.6 is 22.6 Å². The van der Waals surface area contributed by atoms with E-state index in [0.29, 0.717) is 6.04 Å². The highest BCUT2D eigenvalue weighted by Gasteiger charge is 2.17. The number of anilines is 1. The molecule has 1 aliphatic heterocycles. The minimum atomic E-state index is -0.162. The van der Waals surface area contributed by atoms with Crippen molar-refractivity contribution in [3.63, 3.8) is 0 Å². The van der Waals surface area contributed by atoms with Crippen LogP contribution in [0, 0.1) is 9.39 Å². The maximum Gasteiger partial charge on any atom is 0.124 e. The highest BCUT2D eigenvalue weighted by molar-refractivity contribution is 14.1. The third kappa shape index (κ3) is 4.60. The maximum absolute atomic E-state index is 13.1. The lowest BCUT2D eigenvalue weighted by Crippen LogP contribution is -2.27. The summed E-state index contributed by atoms with van der Waals surface area (Å²) in [5.41, 5.74) is 1.07. The van der Waals surface area contributed by atoms with Gasteiger partial charge in [0.1, 0.15) is 5.82 Å². The maximum atomic E-state index is 13.1. The van der Waals surface area contributed by atoms with Crippen molar-refractivity contribution in [3.05, 3.63) is 27.6 Å². The molecule has 0 aliphatic carbocycles. The number of hydrogen-bond donors (Lipinski definition) is 1. The Kier molecular flexibility index (Phi) is 5.88. The van der Waals surface area contributed by atoms with Crippen molar-refractivity contribution in [2.45, 2.75) is 38.6 Å². The Morgan fingerprint density at radius 3 is 2.95 bits per heavy atom. The zero-order valence-electron chi connectivity index (χ0n) is 11.5. The largest absolute Gasteiger partial charge is 0.381 e. The molecule has 1 aliphatic rings. The van der Waals surface area contributed by atoms with E-state index in [2.05, 4.69) is 39.7 Å². The Morgan fingerprint density at radius 2 is 2.21 bits per heavy atom.